The molecular formula is C11H19NO3. The van der Waals surface area contributed by atoms with E-state index in [-0.39, 0.29) is 5.91 Å². The number of unbranched alkanes of at least 4 members (excludes halogenated alkanes) is 1. The molecule has 0 aliphatic rings. The number of nitrogens with zero attached hydrogens (tertiary/aromatic N) is 1. The molecule has 0 saturated heterocycles. The summed E-state index contributed by atoms with van der Waals surface area (Å²) in [6.07, 6.45) is 3.41. The van der Waals surface area contributed by atoms with E-state index in [1.165, 1.54) is 18.7 Å². The van der Waals surface area contributed by atoms with Crippen molar-refractivity contribution in [3.05, 3.63) is 12.7 Å². The molecule has 0 unspecified atom stereocenters. The zero-order chi connectivity index (χ0) is 12.1. The number of amides is 1. The monoisotopic (exact) mass is 213 g/mol. The van der Waals surface area contributed by atoms with Gasteiger partial charge in [0.1, 0.15) is 5.41 Å². The highest BCUT2D eigenvalue weighted by Crippen LogP contribution is 2.18. The molecule has 0 aromatic heterocycles. The van der Waals surface area contributed by atoms with Crippen LogP contribution in [0.4, 0.5) is 0 Å². The Hall–Kier alpha value is -1.32. The van der Waals surface area contributed by atoms with E-state index in [9.17, 15) is 9.59 Å². The van der Waals surface area contributed by atoms with Crippen LogP contribution in [0.2, 0.25) is 0 Å². The van der Waals surface area contributed by atoms with Crippen LogP contribution in [0.25, 0.3) is 0 Å². The van der Waals surface area contributed by atoms with E-state index >= 15 is 0 Å². The molecule has 0 aliphatic carbocycles. The van der Waals surface area contributed by atoms with Crippen molar-refractivity contribution >= 4 is 11.9 Å². The van der Waals surface area contributed by atoms with Gasteiger partial charge in [0.2, 0.25) is 5.91 Å². The zero-order valence-corrected chi connectivity index (χ0v) is 9.62. The SMILES string of the molecule is C=CCCCN(C)C(=O)C(C)(C)C(=O)O. The van der Waals surface area contributed by atoms with Crippen molar-refractivity contribution in [3.63, 3.8) is 0 Å². The van der Waals surface area contributed by atoms with Gasteiger partial charge in [0.05, 0.1) is 0 Å². The Morgan fingerprint density at radius 2 is 2.00 bits per heavy atom. The summed E-state index contributed by atoms with van der Waals surface area (Å²) in [6, 6.07) is 0. The molecule has 0 bridgehead atoms. The van der Waals surface area contributed by atoms with Crippen LogP contribution >= 0.6 is 0 Å². The Kier molecular flexibility index (Phi) is 5.05. The Bertz CT molecular complexity index is 259. The number of carboxylic acids is 1. The summed E-state index contributed by atoms with van der Waals surface area (Å²) in [7, 11) is 1.62. The standard InChI is InChI=1S/C11H19NO3/c1-5-6-7-8-12(4)9(13)11(2,3)10(14)15/h5H,1,6-8H2,2-4H3,(H,14,15). The molecule has 86 valence electrons. The number of rotatable bonds is 6. The summed E-state index contributed by atoms with van der Waals surface area (Å²) in [5.41, 5.74) is -1.34. The molecule has 15 heavy (non-hydrogen) atoms. The van der Waals surface area contributed by atoms with Gasteiger partial charge in [-0.2, -0.15) is 0 Å². The molecule has 4 nitrogen and oxygen atoms in total. The van der Waals surface area contributed by atoms with Gasteiger partial charge in [-0.1, -0.05) is 6.08 Å². The minimum absolute atomic E-state index is 0.362. The topological polar surface area (TPSA) is 57.6 Å². The van der Waals surface area contributed by atoms with Crippen molar-refractivity contribution in [2.24, 2.45) is 5.41 Å². The number of hydrogen-bond acceptors (Lipinski definition) is 2. The van der Waals surface area contributed by atoms with Crippen molar-refractivity contribution in [3.8, 4) is 0 Å². The highest BCUT2D eigenvalue weighted by Gasteiger charge is 2.37. The van der Waals surface area contributed by atoms with Gasteiger partial charge in [-0.3, -0.25) is 9.59 Å². The second-order valence-corrected chi connectivity index (χ2v) is 4.09. The molecule has 4 heteroatoms. The molecule has 0 radical (unpaired) electrons. The second-order valence-electron chi connectivity index (χ2n) is 4.09. The smallest absolute Gasteiger partial charge is 0.318 e. The van der Waals surface area contributed by atoms with Crippen LogP contribution in [0.3, 0.4) is 0 Å². The van der Waals surface area contributed by atoms with E-state index in [0.29, 0.717) is 6.54 Å². The lowest BCUT2D eigenvalue weighted by Crippen LogP contribution is -2.43. The number of carboxylic acid groups (broad SMARTS) is 1. The summed E-state index contributed by atoms with van der Waals surface area (Å²) in [6.45, 7) is 6.98. The maximum absolute atomic E-state index is 11.7. The highest BCUT2D eigenvalue weighted by atomic mass is 16.4. The fourth-order valence-corrected chi connectivity index (χ4v) is 1.14. The Labute approximate surface area is 90.6 Å². The minimum Gasteiger partial charge on any atom is -0.480 e. The first kappa shape index (κ1) is 13.7. The van der Waals surface area contributed by atoms with Crippen LogP contribution in [0, 0.1) is 5.41 Å². The van der Waals surface area contributed by atoms with Crippen LogP contribution in [-0.2, 0) is 9.59 Å². The molecule has 0 heterocycles. The molecule has 0 aromatic carbocycles. The van der Waals surface area contributed by atoms with Crippen molar-refractivity contribution in [2.75, 3.05) is 13.6 Å². The molecule has 0 aliphatic heterocycles. The number of carbonyl (C=O) groups is 2. The second kappa shape index (κ2) is 5.53. The number of hydrogen-bond donors (Lipinski definition) is 1. The van der Waals surface area contributed by atoms with Gasteiger partial charge in [0.15, 0.2) is 0 Å². The van der Waals surface area contributed by atoms with Gasteiger partial charge in [-0.05, 0) is 26.7 Å². The van der Waals surface area contributed by atoms with Crippen molar-refractivity contribution in [1.29, 1.82) is 0 Å². The molecule has 1 amide bonds. The summed E-state index contributed by atoms with van der Waals surface area (Å²) in [5.74, 6) is -1.46. The Morgan fingerprint density at radius 3 is 2.40 bits per heavy atom. The fraction of sp³-hybridized carbons (Fsp3) is 0.636. The largest absolute Gasteiger partial charge is 0.480 e. The molecule has 0 atom stereocenters. The van der Waals surface area contributed by atoms with Gasteiger partial charge in [-0.25, -0.2) is 0 Å². The lowest BCUT2D eigenvalue weighted by atomic mass is 9.92. The first-order valence-corrected chi connectivity index (χ1v) is 4.94. The molecule has 1 N–H and O–H groups in total. The average molecular weight is 213 g/mol. The predicted molar refractivity (Wildman–Crippen MR) is 58.5 cm³/mol. The molecular weight excluding hydrogens is 194 g/mol. The summed E-state index contributed by atoms with van der Waals surface area (Å²) < 4.78 is 0. The number of carbonyl (C=O) groups excluding carboxylic acids is 1. The van der Waals surface area contributed by atoms with Crippen molar-refractivity contribution in [2.45, 2.75) is 26.7 Å². The average Bonchev–Trinajstić information content (AvgIpc) is 2.16. The number of aliphatic carboxylic acids is 1. The van der Waals surface area contributed by atoms with Gasteiger partial charge >= 0.3 is 5.97 Å². The van der Waals surface area contributed by atoms with Gasteiger partial charge in [0.25, 0.3) is 0 Å². The van der Waals surface area contributed by atoms with E-state index in [1.807, 2.05) is 0 Å². The normalized spacial score (nSPS) is 10.9. The van der Waals surface area contributed by atoms with Crippen molar-refractivity contribution < 1.29 is 14.7 Å². The molecule has 0 fully saturated rings. The minimum atomic E-state index is -1.34. The highest BCUT2D eigenvalue weighted by molar-refractivity contribution is 6.00. The fourth-order valence-electron chi connectivity index (χ4n) is 1.14. The van der Waals surface area contributed by atoms with Crippen LogP contribution in [-0.4, -0.2) is 35.5 Å². The van der Waals surface area contributed by atoms with E-state index in [2.05, 4.69) is 6.58 Å². The van der Waals surface area contributed by atoms with Crippen LogP contribution in [0.5, 0.6) is 0 Å². The Morgan fingerprint density at radius 1 is 1.47 bits per heavy atom. The summed E-state index contributed by atoms with van der Waals surface area (Å²) in [4.78, 5) is 24.0. The summed E-state index contributed by atoms with van der Waals surface area (Å²) in [5, 5.41) is 8.87. The maximum Gasteiger partial charge on any atom is 0.318 e. The van der Waals surface area contributed by atoms with Gasteiger partial charge in [-0.15, -0.1) is 6.58 Å². The third-order valence-electron chi connectivity index (χ3n) is 2.32. The maximum atomic E-state index is 11.7. The molecule has 0 rings (SSSR count). The summed E-state index contributed by atoms with van der Waals surface area (Å²) >= 11 is 0. The van der Waals surface area contributed by atoms with E-state index in [4.69, 9.17) is 5.11 Å². The van der Waals surface area contributed by atoms with Gasteiger partial charge in [0, 0.05) is 13.6 Å². The Balaban J connectivity index is 4.31. The lowest BCUT2D eigenvalue weighted by Gasteiger charge is -2.25. The van der Waals surface area contributed by atoms with Crippen LogP contribution < -0.4 is 0 Å². The van der Waals surface area contributed by atoms with E-state index < -0.39 is 11.4 Å². The first-order valence-electron chi connectivity index (χ1n) is 4.94. The van der Waals surface area contributed by atoms with E-state index in [0.717, 1.165) is 12.8 Å². The van der Waals surface area contributed by atoms with Crippen LogP contribution in [0.15, 0.2) is 12.7 Å². The molecule has 0 saturated carbocycles. The van der Waals surface area contributed by atoms with E-state index in [1.54, 1.807) is 13.1 Å². The molecule has 0 aromatic rings. The first-order chi connectivity index (χ1) is 6.84. The third kappa shape index (κ3) is 3.73. The van der Waals surface area contributed by atoms with Crippen LogP contribution in [0.1, 0.15) is 26.7 Å². The zero-order valence-electron chi connectivity index (χ0n) is 9.62. The third-order valence-corrected chi connectivity index (χ3v) is 2.32. The quantitative estimate of drug-likeness (QED) is 0.413. The number of allylic oxidation sites excluding steroid dienone is 1. The lowest BCUT2D eigenvalue weighted by molar-refractivity contribution is -0.157. The predicted octanol–water partition coefficient (Wildman–Crippen LogP) is 1.52. The van der Waals surface area contributed by atoms with Crippen molar-refractivity contribution in [1.82, 2.24) is 4.90 Å². The van der Waals surface area contributed by atoms with Gasteiger partial charge < -0.3 is 10.0 Å². The molecule has 0 spiro atoms.